The highest BCUT2D eigenvalue weighted by Gasteiger charge is 2.37. The molecule has 3 rings (SSSR count). The molecule has 0 aliphatic rings. The van der Waals surface area contributed by atoms with Gasteiger partial charge >= 0.3 is 6.18 Å². The number of halogens is 5. The number of alkyl halides is 3. The van der Waals surface area contributed by atoms with Crippen molar-refractivity contribution in [1.29, 1.82) is 0 Å². The Morgan fingerprint density at radius 3 is 2.23 bits per heavy atom. The molecule has 0 aliphatic heterocycles. The molecule has 0 bridgehead atoms. The molecule has 1 N–H and O–H groups in total. The summed E-state index contributed by atoms with van der Waals surface area (Å²) in [5.74, 6) is -2.20. The number of anilines is 1. The monoisotopic (exact) mass is 599 g/mol. The van der Waals surface area contributed by atoms with Gasteiger partial charge < -0.3 is 10.2 Å². The third-order valence-corrected chi connectivity index (χ3v) is 8.09. The van der Waals surface area contributed by atoms with Crippen molar-refractivity contribution >= 4 is 39.1 Å². The molecule has 7 nitrogen and oxygen atoms in total. The number of benzene rings is 3. The number of rotatable bonds is 10. The summed E-state index contributed by atoms with van der Waals surface area (Å²) in [5.41, 5.74) is -1.73. The van der Waals surface area contributed by atoms with Crippen molar-refractivity contribution in [3.63, 3.8) is 0 Å². The smallest absolute Gasteiger partial charge is 0.355 e. The molecule has 13 heteroatoms. The number of hydrogen-bond acceptors (Lipinski definition) is 4. The van der Waals surface area contributed by atoms with E-state index >= 15 is 0 Å². The Kier molecular flexibility index (Phi) is 9.80. The number of carbonyl (C=O) groups is 2. The van der Waals surface area contributed by atoms with Gasteiger partial charge in [0.25, 0.3) is 10.0 Å². The fourth-order valence-corrected chi connectivity index (χ4v) is 5.50. The standard InChI is InChI=1S/C27H26ClF4N3O4S/c1-3-33-26(37)18(2)34(16-19-9-7-8-12-24(19)29)25(36)17-35(40(38,39)21-10-5-4-6-11-21)20-13-14-23(28)22(15-20)27(30,31)32/h4-15,18H,3,16-17H2,1-2H3,(H,33,37). The summed E-state index contributed by atoms with van der Waals surface area (Å²) in [5, 5.41) is 1.89. The maximum Gasteiger partial charge on any atom is 0.417 e. The summed E-state index contributed by atoms with van der Waals surface area (Å²) in [6.45, 7) is 1.86. The Morgan fingerprint density at radius 1 is 1.00 bits per heavy atom. The Bertz CT molecular complexity index is 1470. The van der Waals surface area contributed by atoms with Gasteiger partial charge in [0.1, 0.15) is 18.4 Å². The SMILES string of the molecule is CCNC(=O)C(C)N(Cc1ccccc1F)C(=O)CN(c1ccc(Cl)c(C(F)(F)F)c1)S(=O)(=O)c1ccccc1. The van der Waals surface area contributed by atoms with Gasteiger partial charge in [0.15, 0.2) is 0 Å². The van der Waals surface area contributed by atoms with Gasteiger partial charge in [-0.2, -0.15) is 13.2 Å². The van der Waals surface area contributed by atoms with Crippen LogP contribution < -0.4 is 9.62 Å². The van der Waals surface area contributed by atoms with Crippen LogP contribution in [0.1, 0.15) is 25.0 Å². The average Bonchev–Trinajstić information content (AvgIpc) is 2.91. The van der Waals surface area contributed by atoms with Gasteiger partial charge in [-0.3, -0.25) is 13.9 Å². The maximum absolute atomic E-state index is 14.5. The van der Waals surface area contributed by atoms with E-state index < -0.39 is 69.2 Å². The molecule has 0 fully saturated rings. The first-order valence-corrected chi connectivity index (χ1v) is 13.8. The maximum atomic E-state index is 14.5. The van der Waals surface area contributed by atoms with Crippen molar-refractivity contribution in [2.24, 2.45) is 0 Å². The zero-order valence-corrected chi connectivity index (χ0v) is 23.0. The molecule has 0 radical (unpaired) electrons. The van der Waals surface area contributed by atoms with Crippen molar-refractivity contribution in [1.82, 2.24) is 10.2 Å². The molecule has 40 heavy (non-hydrogen) atoms. The lowest BCUT2D eigenvalue weighted by molar-refractivity contribution is -0.139. The molecular formula is C27H26ClF4N3O4S. The van der Waals surface area contributed by atoms with Gasteiger partial charge in [-0.05, 0) is 50.2 Å². The summed E-state index contributed by atoms with van der Waals surface area (Å²) >= 11 is 5.74. The highest BCUT2D eigenvalue weighted by Crippen LogP contribution is 2.38. The van der Waals surface area contributed by atoms with E-state index in [0.717, 1.165) is 23.1 Å². The Morgan fingerprint density at radius 2 is 1.62 bits per heavy atom. The van der Waals surface area contributed by atoms with Gasteiger partial charge in [-0.25, -0.2) is 12.8 Å². The van der Waals surface area contributed by atoms with Crippen molar-refractivity contribution in [3.8, 4) is 0 Å². The van der Waals surface area contributed by atoms with Gasteiger partial charge in [-0.15, -0.1) is 0 Å². The van der Waals surface area contributed by atoms with Gasteiger partial charge in [0, 0.05) is 18.7 Å². The van der Waals surface area contributed by atoms with Crippen LogP contribution in [0.2, 0.25) is 5.02 Å². The molecular weight excluding hydrogens is 574 g/mol. The second kappa shape index (κ2) is 12.7. The van der Waals surface area contributed by atoms with Crippen molar-refractivity contribution < 1.29 is 35.6 Å². The lowest BCUT2D eigenvalue weighted by atomic mass is 10.1. The van der Waals surface area contributed by atoms with Crippen molar-refractivity contribution in [3.05, 3.63) is 94.8 Å². The van der Waals surface area contributed by atoms with E-state index in [0.29, 0.717) is 10.4 Å². The fourth-order valence-electron chi connectivity index (χ4n) is 3.85. The van der Waals surface area contributed by atoms with Gasteiger partial charge in [0.05, 0.1) is 21.2 Å². The third-order valence-electron chi connectivity index (χ3n) is 5.97. The molecule has 0 heterocycles. The van der Waals surface area contributed by atoms with Crippen LogP contribution in [-0.4, -0.2) is 44.3 Å². The third kappa shape index (κ3) is 7.11. The molecule has 0 spiro atoms. The Labute approximate surface area is 234 Å². The van der Waals surface area contributed by atoms with E-state index in [4.69, 9.17) is 11.6 Å². The predicted molar refractivity (Wildman–Crippen MR) is 143 cm³/mol. The van der Waals surface area contributed by atoms with E-state index in [1.807, 2.05) is 0 Å². The topological polar surface area (TPSA) is 86.8 Å². The number of nitrogens with zero attached hydrogens (tertiary/aromatic N) is 2. The quantitative estimate of drug-likeness (QED) is 0.323. The number of sulfonamides is 1. The first-order valence-electron chi connectivity index (χ1n) is 12.0. The Balaban J connectivity index is 2.12. The van der Waals surface area contributed by atoms with Crippen molar-refractivity contribution in [2.75, 3.05) is 17.4 Å². The molecule has 2 amide bonds. The fraction of sp³-hybridized carbons (Fsp3) is 0.259. The van der Waals surface area contributed by atoms with E-state index in [1.165, 1.54) is 49.4 Å². The van der Waals surface area contributed by atoms with Gasteiger partial charge in [0.2, 0.25) is 11.8 Å². The van der Waals surface area contributed by atoms with Crippen LogP contribution in [0.5, 0.6) is 0 Å². The first kappa shape index (κ1) is 30.9. The molecule has 3 aromatic carbocycles. The molecule has 0 aliphatic carbocycles. The second-order valence-corrected chi connectivity index (χ2v) is 10.9. The lowest BCUT2D eigenvalue weighted by Crippen LogP contribution is -2.51. The molecule has 3 aromatic rings. The summed E-state index contributed by atoms with van der Waals surface area (Å²) < 4.78 is 83.2. The summed E-state index contributed by atoms with van der Waals surface area (Å²) in [6.07, 6.45) is -4.91. The number of amides is 2. The van der Waals surface area contributed by atoms with E-state index in [2.05, 4.69) is 5.32 Å². The highest BCUT2D eigenvalue weighted by atomic mass is 35.5. The van der Waals surface area contributed by atoms with Crippen LogP contribution in [0, 0.1) is 5.82 Å². The highest BCUT2D eigenvalue weighted by molar-refractivity contribution is 7.92. The molecule has 0 saturated carbocycles. The second-order valence-electron chi connectivity index (χ2n) is 8.67. The van der Waals surface area contributed by atoms with E-state index in [-0.39, 0.29) is 17.0 Å². The minimum atomic E-state index is -4.91. The van der Waals surface area contributed by atoms with Crippen LogP contribution >= 0.6 is 11.6 Å². The van der Waals surface area contributed by atoms with E-state index in [1.54, 1.807) is 13.0 Å². The van der Waals surface area contributed by atoms with Crippen LogP contribution in [-0.2, 0) is 32.3 Å². The lowest BCUT2D eigenvalue weighted by Gasteiger charge is -2.32. The summed E-state index contributed by atoms with van der Waals surface area (Å²) in [7, 11) is -4.59. The average molecular weight is 600 g/mol. The summed E-state index contributed by atoms with van der Waals surface area (Å²) in [6, 6.07) is 13.6. The molecule has 1 atom stereocenters. The minimum Gasteiger partial charge on any atom is -0.355 e. The molecule has 214 valence electrons. The summed E-state index contributed by atoms with van der Waals surface area (Å²) in [4.78, 5) is 27.0. The zero-order valence-electron chi connectivity index (χ0n) is 21.5. The number of carbonyl (C=O) groups excluding carboxylic acids is 2. The Hall–Kier alpha value is -3.64. The molecule has 0 saturated heterocycles. The number of hydrogen-bond donors (Lipinski definition) is 1. The zero-order chi connectivity index (χ0) is 29.7. The normalized spacial score (nSPS) is 12.5. The van der Waals surface area contributed by atoms with E-state index in [9.17, 15) is 35.6 Å². The number of likely N-dealkylation sites (N-methyl/N-ethyl adjacent to an activating group) is 1. The molecule has 1 unspecified atom stereocenters. The minimum absolute atomic E-state index is 0.0512. The number of nitrogens with one attached hydrogen (secondary N) is 1. The van der Waals surface area contributed by atoms with Crippen LogP contribution in [0.4, 0.5) is 23.2 Å². The van der Waals surface area contributed by atoms with Gasteiger partial charge in [-0.1, -0.05) is 48.0 Å². The predicted octanol–water partition coefficient (Wildman–Crippen LogP) is 5.25. The largest absolute Gasteiger partial charge is 0.417 e. The van der Waals surface area contributed by atoms with Crippen LogP contribution in [0.15, 0.2) is 77.7 Å². The first-order chi connectivity index (χ1) is 18.8. The van der Waals surface area contributed by atoms with Crippen LogP contribution in [0.3, 0.4) is 0 Å². The molecule has 0 aromatic heterocycles. The van der Waals surface area contributed by atoms with Crippen LogP contribution in [0.25, 0.3) is 0 Å². The van der Waals surface area contributed by atoms with Crippen molar-refractivity contribution in [2.45, 2.75) is 37.5 Å².